The molecule has 1 aromatic carbocycles. The van der Waals surface area contributed by atoms with Crippen molar-refractivity contribution in [3.63, 3.8) is 0 Å². The van der Waals surface area contributed by atoms with Gasteiger partial charge in [-0.15, -0.1) is 0 Å². The molecule has 0 spiro atoms. The maximum absolute atomic E-state index is 12.5. The summed E-state index contributed by atoms with van der Waals surface area (Å²) >= 11 is 0. The van der Waals surface area contributed by atoms with Gasteiger partial charge in [-0.3, -0.25) is 4.79 Å². The summed E-state index contributed by atoms with van der Waals surface area (Å²) in [6.07, 6.45) is 3.48. The molecule has 1 heterocycles. The number of carbonyl (C=O) groups is 1. The summed E-state index contributed by atoms with van der Waals surface area (Å²) < 4.78 is 5.84. The molecule has 1 aromatic rings. The van der Waals surface area contributed by atoms with Gasteiger partial charge in [-0.25, -0.2) is 0 Å². The Morgan fingerprint density at radius 2 is 2.05 bits per heavy atom. The van der Waals surface area contributed by atoms with Crippen LogP contribution in [0.3, 0.4) is 0 Å². The van der Waals surface area contributed by atoms with Gasteiger partial charge in [-0.1, -0.05) is 43.7 Å². The van der Waals surface area contributed by atoms with Crippen LogP contribution >= 0.6 is 0 Å². The van der Waals surface area contributed by atoms with E-state index in [4.69, 9.17) is 4.74 Å². The molecule has 20 heavy (non-hydrogen) atoms. The van der Waals surface area contributed by atoms with Crippen molar-refractivity contribution in [1.82, 2.24) is 4.90 Å². The summed E-state index contributed by atoms with van der Waals surface area (Å²) in [4.78, 5) is 14.4. The Balaban J connectivity index is 2.09. The SMILES string of the molecule is CCCCC(=O)N1[C@@H](Cc2ccccc2)COC1(C)C. The lowest BCUT2D eigenvalue weighted by molar-refractivity contribution is -0.146. The van der Waals surface area contributed by atoms with Crippen molar-refractivity contribution in [2.75, 3.05) is 6.61 Å². The fourth-order valence-electron chi connectivity index (χ4n) is 2.87. The highest BCUT2D eigenvalue weighted by Gasteiger charge is 2.42. The number of rotatable bonds is 5. The van der Waals surface area contributed by atoms with Gasteiger partial charge in [-0.2, -0.15) is 0 Å². The number of amides is 1. The van der Waals surface area contributed by atoms with E-state index in [9.17, 15) is 4.79 Å². The lowest BCUT2D eigenvalue weighted by atomic mass is 10.0. The highest BCUT2D eigenvalue weighted by Crippen LogP contribution is 2.30. The maximum Gasteiger partial charge on any atom is 0.225 e. The van der Waals surface area contributed by atoms with Crippen LogP contribution in [0.5, 0.6) is 0 Å². The van der Waals surface area contributed by atoms with E-state index < -0.39 is 5.72 Å². The van der Waals surface area contributed by atoms with Crippen LogP contribution in [0, 0.1) is 0 Å². The second-order valence-corrected chi connectivity index (χ2v) is 5.97. The van der Waals surface area contributed by atoms with Crippen LogP contribution in [-0.4, -0.2) is 29.2 Å². The molecule has 0 radical (unpaired) electrons. The molecule has 3 heteroatoms. The molecule has 1 saturated heterocycles. The number of ether oxygens (including phenoxy) is 1. The molecule has 0 saturated carbocycles. The molecule has 1 aliphatic rings. The molecule has 110 valence electrons. The first-order valence-electron chi connectivity index (χ1n) is 7.54. The third-order valence-electron chi connectivity index (χ3n) is 3.90. The normalized spacial score (nSPS) is 21.1. The van der Waals surface area contributed by atoms with Gasteiger partial charge in [0, 0.05) is 6.42 Å². The smallest absolute Gasteiger partial charge is 0.225 e. The molecule has 1 aliphatic heterocycles. The molecule has 1 amide bonds. The number of hydrogen-bond acceptors (Lipinski definition) is 2. The fraction of sp³-hybridized carbons (Fsp3) is 0.588. The highest BCUT2D eigenvalue weighted by molar-refractivity contribution is 5.77. The van der Waals surface area contributed by atoms with E-state index in [1.165, 1.54) is 5.56 Å². The number of nitrogens with zero attached hydrogens (tertiary/aromatic N) is 1. The zero-order chi connectivity index (χ0) is 14.6. The van der Waals surface area contributed by atoms with Crippen LogP contribution in [0.4, 0.5) is 0 Å². The first kappa shape index (κ1) is 15.0. The second kappa shape index (κ2) is 6.40. The highest BCUT2D eigenvalue weighted by atomic mass is 16.5. The Kier molecular flexibility index (Phi) is 4.81. The van der Waals surface area contributed by atoms with Crippen molar-refractivity contribution in [2.45, 2.75) is 58.2 Å². The van der Waals surface area contributed by atoms with Gasteiger partial charge >= 0.3 is 0 Å². The van der Waals surface area contributed by atoms with Crippen molar-refractivity contribution in [3.8, 4) is 0 Å². The van der Waals surface area contributed by atoms with Gasteiger partial charge in [0.2, 0.25) is 5.91 Å². The van der Waals surface area contributed by atoms with Gasteiger partial charge in [0.05, 0.1) is 12.6 Å². The average molecular weight is 275 g/mol. The molecule has 2 rings (SSSR count). The van der Waals surface area contributed by atoms with Crippen molar-refractivity contribution in [2.24, 2.45) is 0 Å². The Bertz CT molecular complexity index is 442. The number of benzene rings is 1. The molecule has 1 atom stereocenters. The molecule has 0 bridgehead atoms. The molecule has 0 aliphatic carbocycles. The Morgan fingerprint density at radius 1 is 1.35 bits per heavy atom. The molecule has 3 nitrogen and oxygen atoms in total. The summed E-state index contributed by atoms with van der Waals surface area (Å²) in [5.41, 5.74) is 0.775. The molecule has 0 N–H and O–H groups in total. The van der Waals surface area contributed by atoms with Crippen molar-refractivity contribution in [3.05, 3.63) is 35.9 Å². The number of carbonyl (C=O) groups excluding carboxylic acids is 1. The van der Waals surface area contributed by atoms with Crippen LogP contribution in [0.1, 0.15) is 45.6 Å². The Morgan fingerprint density at radius 3 is 2.70 bits per heavy atom. The third kappa shape index (κ3) is 3.40. The van der Waals surface area contributed by atoms with Crippen molar-refractivity contribution < 1.29 is 9.53 Å². The van der Waals surface area contributed by atoms with Gasteiger partial charge in [0.25, 0.3) is 0 Å². The zero-order valence-corrected chi connectivity index (χ0v) is 12.8. The Labute approximate surface area is 121 Å². The topological polar surface area (TPSA) is 29.5 Å². The van der Waals surface area contributed by atoms with E-state index in [1.807, 2.05) is 36.9 Å². The number of hydrogen-bond donors (Lipinski definition) is 0. The minimum absolute atomic E-state index is 0.150. The minimum Gasteiger partial charge on any atom is -0.354 e. The predicted octanol–water partition coefficient (Wildman–Crippen LogP) is 3.38. The molecule has 0 unspecified atom stereocenters. The van der Waals surface area contributed by atoms with Gasteiger partial charge in [-0.05, 0) is 32.3 Å². The van der Waals surface area contributed by atoms with E-state index in [0.29, 0.717) is 13.0 Å². The summed E-state index contributed by atoms with van der Waals surface area (Å²) in [5, 5.41) is 0. The van der Waals surface area contributed by atoms with E-state index in [0.717, 1.165) is 19.3 Å². The first-order chi connectivity index (χ1) is 9.54. The maximum atomic E-state index is 12.5. The second-order valence-electron chi connectivity index (χ2n) is 5.97. The standard InChI is InChI=1S/C17H25NO2/c1-4-5-11-16(19)18-15(13-20-17(18,2)3)12-14-9-7-6-8-10-14/h6-10,15H,4-5,11-13H2,1-3H3/t15-/m0/s1. The number of unbranched alkanes of at least 4 members (excludes halogenated alkanes) is 1. The molecule has 0 aromatic heterocycles. The summed E-state index contributed by atoms with van der Waals surface area (Å²) in [6.45, 7) is 6.71. The first-order valence-corrected chi connectivity index (χ1v) is 7.54. The van der Waals surface area contributed by atoms with Crippen LogP contribution in [0.25, 0.3) is 0 Å². The summed E-state index contributed by atoms with van der Waals surface area (Å²) in [5.74, 6) is 0.218. The average Bonchev–Trinajstić information content (AvgIpc) is 2.72. The lowest BCUT2D eigenvalue weighted by Crippen LogP contribution is -2.48. The van der Waals surface area contributed by atoms with Gasteiger partial charge in [0.15, 0.2) is 0 Å². The summed E-state index contributed by atoms with van der Waals surface area (Å²) in [7, 11) is 0. The Hall–Kier alpha value is -1.35. The molecular weight excluding hydrogens is 250 g/mol. The van der Waals surface area contributed by atoms with Crippen LogP contribution < -0.4 is 0 Å². The zero-order valence-electron chi connectivity index (χ0n) is 12.8. The van der Waals surface area contributed by atoms with Gasteiger partial charge < -0.3 is 9.64 Å². The minimum atomic E-state index is -0.482. The van der Waals surface area contributed by atoms with E-state index in [1.54, 1.807) is 0 Å². The van der Waals surface area contributed by atoms with Crippen LogP contribution in [0.15, 0.2) is 30.3 Å². The molecule has 1 fully saturated rings. The van der Waals surface area contributed by atoms with E-state index in [2.05, 4.69) is 19.1 Å². The van der Waals surface area contributed by atoms with E-state index >= 15 is 0 Å². The summed E-state index contributed by atoms with van der Waals surface area (Å²) in [6, 6.07) is 10.5. The van der Waals surface area contributed by atoms with Crippen LogP contribution in [-0.2, 0) is 16.0 Å². The van der Waals surface area contributed by atoms with Gasteiger partial charge in [0.1, 0.15) is 5.72 Å². The van der Waals surface area contributed by atoms with Crippen molar-refractivity contribution in [1.29, 1.82) is 0 Å². The monoisotopic (exact) mass is 275 g/mol. The van der Waals surface area contributed by atoms with Crippen molar-refractivity contribution >= 4 is 5.91 Å². The predicted molar refractivity (Wildman–Crippen MR) is 80.3 cm³/mol. The van der Waals surface area contributed by atoms with E-state index in [-0.39, 0.29) is 11.9 Å². The van der Waals surface area contributed by atoms with Crippen LogP contribution in [0.2, 0.25) is 0 Å². The third-order valence-corrected chi connectivity index (χ3v) is 3.90. The lowest BCUT2D eigenvalue weighted by Gasteiger charge is -2.34. The largest absolute Gasteiger partial charge is 0.354 e. The fourth-order valence-corrected chi connectivity index (χ4v) is 2.87. The quantitative estimate of drug-likeness (QED) is 0.824. The molecular formula is C17H25NO2.